The zero-order valence-corrected chi connectivity index (χ0v) is 15.5. The number of H-pyrrole nitrogens is 1. The van der Waals surface area contributed by atoms with Gasteiger partial charge in [0.15, 0.2) is 0 Å². The third-order valence-corrected chi connectivity index (χ3v) is 4.54. The second kappa shape index (κ2) is 7.61. The van der Waals surface area contributed by atoms with Crippen LogP contribution in [0.15, 0.2) is 42.5 Å². The highest BCUT2D eigenvalue weighted by Crippen LogP contribution is 2.30. The van der Waals surface area contributed by atoms with Crippen LogP contribution in [-0.4, -0.2) is 22.8 Å². The predicted molar refractivity (Wildman–Crippen MR) is 104 cm³/mol. The van der Waals surface area contributed by atoms with Gasteiger partial charge in [-0.1, -0.05) is 6.07 Å². The van der Waals surface area contributed by atoms with Gasteiger partial charge in [0.2, 0.25) is 11.8 Å². The van der Waals surface area contributed by atoms with E-state index in [4.69, 9.17) is 0 Å². The van der Waals surface area contributed by atoms with Crippen molar-refractivity contribution in [2.45, 2.75) is 33.4 Å². The first kappa shape index (κ1) is 18.6. The lowest BCUT2D eigenvalue weighted by Crippen LogP contribution is -2.43. The van der Waals surface area contributed by atoms with E-state index >= 15 is 0 Å². The molecule has 1 heterocycles. The van der Waals surface area contributed by atoms with E-state index < -0.39 is 6.04 Å². The summed E-state index contributed by atoms with van der Waals surface area (Å²) in [7, 11) is 0. The number of amides is 2. The Morgan fingerprint density at radius 1 is 1.15 bits per heavy atom. The lowest BCUT2D eigenvalue weighted by Gasteiger charge is -2.12. The van der Waals surface area contributed by atoms with Gasteiger partial charge in [-0.15, -0.1) is 0 Å². The van der Waals surface area contributed by atoms with Crippen LogP contribution in [0, 0.1) is 12.7 Å². The quantitative estimate of drug-likeness (QED) is 0.646. The number of aryl methyl sites for hydroxylation is 1. The number of aromatic nitrogens is 1. The molecule has 1 atom stereocenters. The summed E-state index contributed by atoms with van der Waals surface area (Å²) >= 11 is 0. The Morgan fingerprint density at radius 3 is 2.52 bits per heavy atom. The van der Waals surface area contributed by atoms with Crippen molar-refractivity contribution in [1.82, 2.24) is 15.6 Å². The van der Waals surface area contributed by atoms with Crippen LogP contribution in [0.4, 0.5) is 4.39 Å². The number of carbonyl (C=O) groups is 2. The first-order valence-electron chi connectivity index (χ1n) is 8.77. The summed E-state index contributed by atoms with van der Waals surface area (Å²) in [6.07, 6.45) is 0. The molecule has 0 saturated carbocycles. The molecule has 0 spiro atoms. The number of rotatable bonds is 5. The molecule has 27 heavy (non-hydrogen) atoms. The van der Waals surface area contributed by atoms with Crippen molar-refractivity contribution in [3.8, 4) is 11.3 Å². The van der Waals surface area contributed by atoms with E-state index in [1.165, 1.54) is 19.1 Å². The minimum absolute atomic E-state index is 0.233. The average molecular weight is 367 g/mol. The second-order valence-electron chi connectivity index (χ2n) is 6.65. The molecular formula is C21H22FN3O2. The van der Waals surface area contributed by atoms with Gasteiger partial charge in [-0.05, 0) is 66.9 Å². The van der Waals surface area contributed by atoms with E-state index in [9.17, 15) is 14.0 Å². The van der Waals surface area contributed by atoms with Crippen LogP contribution in [0.25, 0.3) is 22.2 Å². The van der Waals surface area contributed by atoms with Crippen LogP contribution in [-0.2, 0) is 16.1 Å². The largest absolute Gasteiger partial charge is 0.354 e. The molecule has 0 aliphatic heterocycles. The Kier molecular flexibility index (Phi) is 5.26. The Morgan fingerprint density at radius 2 is 1.85 bits per heavy atom. The van der Waals surface area contributed by atoms with Gasteiger partial charge in [0.25, 0.3) is 0 Å². The van der Waals surface area contributed by atoms with Crippen molar-refractivity contribution in [1.29, 1.82) is 0 Å². The molecule has 2 amide bonds. The van der Waals surface area contributed by atoms with E-state index in [1.54, 1.807) is 19.1 Å². The summed E-state index contributed by atoms with van der Waals surface area (Å²) < 4.78 is 13.2. The molecule has 0 bridgehead atoms. The number of halogens is 1. The third-order valence-electron chi connectivity index (χ3n) is 4.54. The third kappa shape index (κ3) is 4.16. The summed E-state index contributed by atoms with van der Waals surface area (Å²) in [6.45, 7) is 5.41. The van der Waals surface area contributed by atoms with Gasteiger partial charge in [0, 0.05) is 30.1 Å². The van der Waals surface area contributed by atoms with Crippen molar-refractivity contribution in [2.24, 2.45) is 0 Å². The number of benzene rings is 2. The molecule has 0 aliphatic carbocycles. The van der Waals surface area contributed by atoms with Crippen LogP contribution in [0.3, 0.4) is 0 Å². The topological polar surface area (TPSA) is 74.0 Å². The fraction of sp³-hybridized carbons (Fsp3) is 0.238. The van der Waals surface area contributed by atoms with Gasteiger partial charge < -0.3 is 15.6 Å². The van der Waals surface area contributed by atoms with Gasteiger partial charge in [-0.25, -0.2) is 4.39 Å². The van der Waals surface area contributed by atoms with Gasteiger partial charge >= 0.3 is 0 Å². The summed E-state index contributed by atoms with van der Waals surface area (Å²) in [5.41, 5.74) is 4.87. The maximum Gasteiger partial charge on any atom is 0.242 e. The van der Waals surface area contributed by atoms with Crippen molar-refractivity contribution in [2.75, 3.05) is 0 Å². The lowest BCUT2D eigenvalue weighted by molar-refractivity contribution is -0.127. The van der Waals surface area contributed by atoms with Gasteiger partial charge in [-0.2, -0.15) is 0 Å². The van der Waals surface area contributed by atoms with Crippen molar-refractivity contribution >= 4 is 22.7 Å². The van der Waals surface area contributed by atoms with Crippen LogP contribution >= 0.6 is 0 Å². The van der Waals surface area contributed by atoms with Crippen molar-refractivity contribution < 1.29 is 14.0 Å². The summed E-state index contributed by atoms with van der Waals surface area (Å²) in [5, 5.41) is 6.44. The molecule has 0 unspecified atom stereocenters. The van der Waals surface area contributed by atoms with E-state index in [0.717, 1.165) is 33.3 Å². The Bertz CT molecular complexity index is 993. The lowest BCUT2D eigenvalue weighted by atomic mass is 10.0. The van der Waals surface area contributed by atoms with Gasteiger partial charge in [0.1, 0.15) is 11.9 Å². The molecule has 140 valence electrons. The van der Waals surface area contributed by atoms with E-state index in [0.29, 0.717) is 6.54 Å². The predicted octanol–water partition coefficient (Wildman–Crippen LogP) is 3.42. The fourth-order valence-electron chi connectivity index (χ4n) is 3.10. The Hall–Kier alpha value is -3.15. The maximum absolute atomic E-state index is 13.2. The number of nitrogens with one attached hydrogen (secondary N) is 3. The molecule has 0 aliphatic rings. The minimum Gasteiger partial charge on any atom is -0.354 e. The molecule has 0 radical (unpaired) electrons. The molecule has 5 nitrogen and oxygen atoms in total. The van der Waals surface area contributed by atoms with Crippen LogP contribution < -0.4 is 10.6 Å². The Labute approximate surface area is 157 Å². The SMILES string of the molecule is CC(=O)N[C@@H](C)C(=O)NCc1ccc2[nH]c(-c3ccc(F)cc3)c(C)c2c1. The molecule has 0 saturated heterocycles. The smallest absolute Gasteiger partial charge is 0.242 e. The number of hydrogen-bond donors (Lipinski definition) is 3. The molecule has 1 aromatic heterocycles. The van der Waals surface area contributed by atoms with E-state index in [2.05, 4.69) is 15.6 Å². The number of carbonyl (C=O) groups excluding carboxylic acids is 2. The monoisotopic (exact) mass is 367 g/mol. The second-order valence-corrected chi connectivity index (χ2v) is 6.65. The molecule has 3 rings (SSSR count). The number of hydrogen-bond acceptors (Lipinski definition) is 2. The highest BCUT2D eigenvalue weighted by atomic mass is 19.1. The highest BCUT2D eigenvalue weighted by Gasteiger charge is 2.14. The molecule has 3 N–H and O–H groups in total. The molecule has 0 fully saturated rings. The average Bonchev–Trinajstić information content (AvgIpc) is 2.96. The first-order chi connectivity index (χ1) is 12.8. The Balaban J connectivity index is 1.79. The molecule has 6 heteroatoms. The van der Waals surface area contributed by atoms with Crippen LogP contribution in [0.1, 0.15) is 25.0 Å². The van der Waals surface area contributed by atoms with E-state index in [1.807, 2.05) is 25.1 Å². The zero-order valence-electron chi connectivity index (χ0n) is 15.5. The standard InChI is InChI=1S/C21H22FN3O2/c1-12-18-10-15(11-23-21(27)13(2)24-14(3)26)4-9-19(18)25-20(12)16-5-7-17(22)8-6-16/h4-10,13,25H,11H2,1-3H3,(H,23,27)(H,24,26)/t13-/m0/s1. The van der Waals surface area contributed by atoms with Gasteiger partial charge in [0.05, 0.1) is 0 Å². The van der Waals surface area contributed by atoms with Crippen LogP contribution in [0.5, 0.6) is 0 Å². The summed E-state index contributed by atoms with van der Waals surface area (Å²) in [6, 6.07) is 11.7. The number of aromatic amines is 1. The van der Waals surface area contributed by atoms with Crippen molar-refractivity contribution in [3.05, 3.63) is 59.4 Å². The normalized spacial score (nSPS) is 12.0. The first-order valence-corrected chi connectivity index (χ1v) is 8.77. The molecular weight excluding hydrogens is 345 g/mol. The maximum atomic E-state index is 13.2. The van der Waals surface area contributed by atoms with E-state index in [-0.39, 0.29) is 17.6 Å². The fourth-order valence-corrected chi connectivity index (χ4v) is 3.10. The van der Waals surface area contributed by atoms with Crippen LogP contribution in [0.2, 0.25) is 0 Å². The molecule has 3 aromatic rings. The molecule has 2 aromatic carbocycles. The highest BCUT2D eigenvalue weighted by molar-refractivity contribution is 5.91. The number of fused-ring (bicyclic) bond motifs is 1. The zero-order chi connectivity index (χ0) is 19.6. The van der Waals surface area contributed by atoms with Gasteiger partial charge in [-0.3, -0.25) is 9.59 Å². The summed E-state index contributed by atoms with van der Waals surface area (Å²) in [4.78, 5) is 26.4. The minimum atomic E-state index is -0.578. The van der Waals surface area contributed by atoms with Crippen molar-refractivity contribution in [3.63, 3.8) is 0 Å². The summed E-state index contributed by atoms with van der Waals surface area (Å²) in [5.74, 6) is -0.738.